The lowest BCUT2D eigenvalue weighted by Gasteiger charge is -2.03. The Morgan fingerprint density at radius 2 is 1.71 bits per heavy atom. The first-order valence-electron chi connectivity index (χ1n) is 4.14. The van der Waals surface area contributed by atoms with Crippen LogP contribution in [0.1, 0.15) is 0 Å². The first-order chi connectivity index (χ1) is 6.79. The Balaban J connectivity index is 2.61. The van der Waals surface area contributed by atoms with E-state index >= 15 is 0 Å². The van der Waals surface area contributed by atoms with Crippen molar-refractivity contribution in [3.63, 3.8) is 0 Å². The van der Waals surface area contributed by atoms with Crippen LogP contribution in [0.2, 0.25) is 0 Å². The molecular weight excluding hydrogens is 245 g/mol. The van der Waals surface area contributed by atoms with Crippen molar-refractivity contribution in [1.82, 2.24) is 4.98 Å². The van der Waals surface area contributed by atoms with Crippen molar-refractivity contribution < 1.29 is 4.39 Å². The van der Waals surface area contributed by atoms with Gasteiger partial charge in [-0.1, -0.05) is 34.1 Å². The number of benzene rings is 1. The zero-order valence-electron chi connectivity index (χ0n) is 7.24. The highest BCUT2D eigenvalue weighted by Gasteiger charge is 2.07. The first kappa shape index (κ1) is 9.34. The van der Waals surface area contributed by atoms with Gasteiger partial charge in [-0.3, -0.25) is 0 Å². The summed E-state index contributed by atoms with van der Waals surface area (Å²) < 4.78 is 14.2. The van der Waals surface area contributed by atoms with E-state index in [-0.39, 0.29) is 0 Å². The molecule has 1 nitrogen and oxygen atoms in total. The highest BCUT2D eigenvalue weighted by atomic mass is 79.9. The SMILES string of the molecule is Fc1ncccc1-c1ccccc1Br. The van der Waals surface area contributed by atoms with E-state index in [1.165, 1.54) is 6.20 Å². The van der Waals surface area contributed by atoms with Crippen molar-refractivity contribution in [3.8, 4) is 11.1 Å². The van der Waals surface area contributed by atoms with Gasteiger partial charge in [-0.2, -0.15) is 4.39 Å². The summed E-state index contributed by atoms with van der Waals surface area (Å²) in [5, 5.41) is 0. The summed E-state index contributed by atoms with van der Waals surface area (Å²) in [5.74, 6) is -0.445. The van der Waals surface area contributed by atoms with Crippen molar-refractivity contribution in [3.05, 3.63) is 53.0 Å². The van der Waals surface area contributed by atoms with E-state index in [9.17, 15) is 4.39 Å². The second-order valence-corrected chi connectivity index (χ2v) is 3.68. The molecule has 0 aliphatic rings. The van der Waals surface area contributed by atoms with Crippen LogP contribution in [0.5, 0.6) is 0 Å². The lowest BCUT2D eigenvalue weighted by Crippen LogP contribution is -1.87. The molecule has 2 rings (SSSR count). The van der Waals surface area contributed by atoms with E-state index in [2.05, 4.69) is 20.9 Å². The monoisotopic (exact) mass is 251 g/mol. The average Bonchev–Trinajstić information content (AvgIpc) is 2.20. The molecule has 1 heterocycles. The molecule has 3 heteroatoms. The fourth-order valence-corrected chi connectivity index (χ4v) is 1.76. The minimum absolute atomic E-state index is 0.445. The molecule has 0 aliphatic heterocycles. The molecule has 0 atom stereocenters. The quantitative estimate of drug-likeness (QED) is 0.706. The summed E-state index contributed by atoms with van der Waals surface area (Å²) in [4.78, 5) is 3.61. The number of hydrogen-bond acceptors (Lipinski definition) is 1. The number of halogens is 2. The zero-order chi connectivity index (χ0) is 9.97. The van der Waals surface area contributed by atoms with E-state index in [0.29, 0.717) is 5.56 Å². The maximum absolute atomic E-state index is 13.3. The number of nitrogens with zero attached hydrogens (tertiary/aromatic N) is 1. The van der Waals surface area contributed by atoms with Gasteiger partial charge in [-0.05, 0) is 18.2 Å². The summed E-state index contributed by atoms with van der Waals surface area (Å²) in [5.41, 5.74) is 1.33. The summed E-state index contributed by atoms with van der Waals surface area (Å²) in [6.07, 6.45) is 1.44. The lowest BCUT2D eigenvalue weighted by molar-refractivity contribution is 0.587. The summed E-state index contributed by atoms with van der Waals surface area (Å²) in [7, 11) is 0. The van der Waals surface area contributed by atoms with Gasteiger partial charge in [0, 0.05) is 21.8 Å². The van der Waals surface area contributed by atoms with Gasteiger partial charge in [0.05, 0.1) is 0 Å². The smallest absolute Gasteiger partial charge is 0.220 e. The van der Waals surface area contributed by atoms with Crippen LogP contribution in [0.4, 0.5) is 4.39 Å². The normalized spacial score (nSPS) is 10.1. The predicted octanol–water partition coefficient (Wildman–Crippen LogP) is 3.65. The van der Waals surface area contributed by atoms with Crippen LogP contribution in [0, 0.1) is 5.95 Å². The van der Waals surface area contributed by atoms with Gasteiger partial charge in [0.2, 0.25) is 5.95 Å². The Labute approximate surface area is 89.7 Å². The third-order valence-corrected chi connectivity index (χ3v) is 2.61. The van der Waals surface area contributed by atoms with Gasteiger partial charge in [0.25, 0.3) is 0 Å². The molecule has 0 bridgehead atoms. The molecule has 0 fully saturated rings. The third kappa shape index (κ3) is 1.68. The summed E-state index contributed by atoms with van der Waals surface area (Å²) in [6.45, 7) is 0. The third-order valence-electron chi connectivity index (χ3n) is 1.92. The van der Waals surface area contributed by atoms with Gasteiger partial charge in [0.15, 0.2) is 0 Å². The predicted molar refractivity (Wildman–Crippen MR) is 57.3 cm³/mol. The fourth-order valence-electron chi connectivity index (χ4n) is 1.27. The van der Waals surface area contributed by atoms with E-state index < -0.39 is 5.95 Å². The highest BCUT2D eigenvalue weighted by Crippen LogP contribution is 2.28. The number of hydrogen-bond donors (Lipinski definition) is 0. The van der Waals surface area contributed by atoms with E-state index in [1.807, 2.05) is 24.3 Å². The minimum Gasteiger partial charge on any atom is -0.228 e. The molecule has 1 aromatic heterocycles. The number of aromatic nitrogens is 1. The Kier molecular flexibility index (Phi) is 2.59. The van der Waals surface area contributed by atoms with Crippen LogP contribution in [-0.2, 0) is 0 Å². The van der Waals surface area contributed by atoms with Crippen molar-refractivity contribution in [1.29, 1.82) is 0 Å². The van der Waals surface area contributed by atoms with Crippen molar-refractivity contribution in [2.24, 2.45) is 0 Å². The Morgan fingerprint density at radius 1 is 1.00 bits per heavy atom. The molecule has 0 aliphatic carbocycles. The molecule has 0 spiro atoms. The Bertz CT molecular complexity index is 413. The molecule has 0 saturated heterocycles. The zero-order valence-corrected chi connectivity index (χ0v) is 8.83. The molecule has 0 amide bonds. The molecule has 2 aromatic rings. The molecule has 14 heavy (non-hydrogen) atoms. The first-order valence-corrected chi connectivity index (χ1v) is 4.94. The second kappa shape index (κ2) is 3.88. The maximum Gasteiger partial charge on any atom is 0.220 e. The van der Waals surface area contributed by atoms with Crippen LogP contribution < -0.4 is 0 Å². The lowest BCUT2D eigenvalue weighted by atomic mass is 10.1. The van der Waals surface area contributed by atoms with Crippen molar-refractivity contribution >= 4 is 15.9 Å². The number of rotatable bonds is 1. The average molecular weight is 252 g/mol. The van der Waals surface area contributed by atoms with E-state index in [0.717, 1.165) is 10.0 Å². The van der Waals surface area contributed by atoms with Crippen LogP contribution >= 0.6 is 15.9 Å². The molecule has 0 N–H and O–H groups in total. The summed E-state index contributed by atoms with van der Waals surface area (Å²) >= 11 is 3.37. The molecule has 0 unspecified atom stereocenters. The largest absolute Gasteiger partial charge is 0.228 e. The molecule has 70 valence electrons. The molecular formula is C11H7BrFN. The standard InChI is InChI=1S/C11H7BrFN/c12-10-6-2-1-4-8(10)9-5-3-7-14-11(9)13/h1-7H. The van der Waals surface area contributed by atoms with Crippen LogP contribution in [-0.4, -0.2) is 4.98 Å². The van der Waals surface area contributed by atoms with E-state index in [4.69, 9.17) is 0 Å². The van der Waals surface area contributed by atoms with Gasteiger partial charge in [0.1, 0.15) is 0 Å². The van der Waals surface area contributed by atoms with Gasteiger partial charge >= 0.3 is 0 Å². The minimum atomic E-state index is -0.445. The summed E-state index contributed by atoms with van der Waals surface area (Å²) in [6, 6.07) is 10.9. The highest BCUT2D eigenvalue weighted by molar-refractivity contribution is 9.10. The van der Waals surface area contributed by atoms with Crippen LogP contribution in [0.15, 0.2) is 47.1 Å². The Morgan fingerprint density at radius 3 is 2.43 bits per heavy atom. The van der Waals surface area contributed by atoms with Gasteiger partial charge in [-0.25, -0.2) is 4.98 Å². The Hall–Kier alpha value is -1.22. The van der Waals surface area contributed by atoms with Crippen molar-refractivity contribution in [2.75, 3.05) is 0 Å². The fraction of sp³-hybridized carbons (Fsp3) is 0. The second-order valence-electron chi connectivity index (χ2n) is 2.82. The van der Waals surface area contributed by atoms with Crippen LogP contribution in [0.3, 0.4) is 0 Å². The van der Waals surface area contributed by atoms with Gasteiger partial charge in [-0.15, -0.1) is 0 Å². The molecule has 0 radical (unpaired) electrons. The van der Waals surface area contributed by atoms with Crippen molar-refractivity contribution in [2.45, 2.75) is 0 Å². The van der Waals surface area contributed by atoms with Crippen LogP contribution in [0.25, 0.3) is 11.1 Å². The van der Waals surface area contributed by atoms with E-state index in [1.54, 1.807) is 12.1 Å². The topological polar surface area (TPSA) is 12.9 Å². The van der Waals surface area contributed by atoms with Gasteiger partial charge < -0.3 is 0 Å². The molecule has 1 aromatic carbocycles. The maximum atomic E-state index is 13.3. The number of pyridine rings is 1. The molecule has 0 saturated carbocycles.